The van der Waals surface area contributed by atoms with Crippen molar-refractivity contribution in [3.63, 3.8) is 0 Å². The molecule has 0 unspecified atom stereocenters. The molecule has 0 saturated heterocycles. The molecule has 38 heavy (non-hydrogen) atoms. The zero-order chi connectivity index (χ0) is 27.8. The Morgan fingerprint density at radius 3 is 0.816 bits per heavy atom. The average Bonchev–Trinajstić information content (AvgIpc) is 2.92. The summed E-state index contributed by atoms with van der Waals surface area (Å²) >= 11 is 0. The summed E-state index contributed by atoms with van der Waals surface area (Å²) in [6, 6.07) is 0. The first-order valence-corrected chi connectivity index (χ1v) is 16.7. The lowest BCUT2D eigenvalue weighted by atomic mass is 10.0. The fourth-order valence-corrected chi connectivity index (χ4v) is 4.82. The van der Waals surface area contributed by atoms with Crippen molar-refractivity contribution >= 4 is 11.9 Å². The second kappa shape index (κ2) is 31.9. The summed E-state index contributed by atoms with van der Waals surface area (Å²) < 4.78 is 10.4. The van der Waals surface area contributed by atoms with Crippen molar-refractivity contribution in [3.05, 3.63) is 12.2 Å². The van der Waals surface area contributed by atoms with Crippen LogP contribution in [0.3, 0.4) is 0 Å². The van der Waals surface area contributed by atoms with Crippen LogP contribution in [0.1, 0.15) is 181 Å². The molecule has 4 nitrogen and oxygen atoms in total. The summed E-state index contributed by atoms with van der Waals surface area (Å²) in [4.78, 5) is 23.5. The van der Waals surface area contributed by atoms with E-state index in [-0.39, 0.29) is 0 Å². The minimum atomic E-state index is -0.458. The fourth-order valence-electron chi connectivity index (χ4n) is 4.82. The smallest absolute Gasteiger partial charge is 0.331 e. The van der Waals surface area contributed by atoms with E-state index in [0.717, 1.165) is 25.7 Å². The first kappa shape index (κ1) is 36.7. The molecular formula is C34H64O4. The van der Waals surface area contributed by atoms with Gasteiger partial charge < -0.3 is 9.47 Å². The number of rotatable bonds is 30. The number of carbonyl (C=O) groups excluding carboxylic acids is 2. The molecule has 0 N–H and O–H groups in total. The summed E-state index contributed by atoms with van der Waals surface area (Å²) in [5, 5.41) is 0. The molecule has 0 saturated carbocycles. The zero-order valence-electron chi connectivity index (χ0n) is 25.6. The van der Waals surface area contributed by atoms with Crippen LogP contribution < -0.4 is 0 Å². The molecule has 0 aliphatic carbocycles. The van der Waals surface area contributed by atoms with Gasteiger partial charge in [-0.3, -0.25) is 0 Å². The van der Waals surface area contributed by atoms with Gasteiger partial charge in [0.2, 0.25) is 0 Å². The molecule has 0 fully saturated rings. The Morgan fingerprint density at radius 2 is 0.579 bits per heavy atom. The third-order valence-corrected chi connectivity index (χ3v) is 7.34. The van der Waals surface area contributed by atoms with Gasteiger partial charge in [-0.05, 0) is 12.8 Å². The van der Waals surface area contributed by atoms with Crippen LogP contribution in [-0.2, 0) is 19.1 Å². The lowest BCUT2D eigenvalue weighted by Gasteiger charge is -2.04. The van der Waals surface area contributed by atoms with Crippen molar-refractivity contribution in [2.24, 2.45) is 0 Å². The van der Waals surface area contributed by atoms with Crippen molar-refractivity contribution in [1.82, 2.24) is 0 Å². The molecule has 0 aromatic rings. The molecule has 0 aliphatic rings. The highest BCUT2D eigenvalue weighted by Crippen LogP contribution is 2.14. The molecule has 0 heterocycles. The molecule has 0 bridgehead atoms. The maximum Gasteiger partial charge on any atom is 0.331 e. The third-order valence-electron chi connectivity index (χ3n) is 7.34. The van der Waals surface area contributed by atoms with Gasteiger partial charge in [-0.25, -0.2) is 9.59 Å². The van der Waals surface area contributed by atoms with Crippen LogP contribution in [-0.4, -0.2) is 25.2 Å². The highest BCUT2D eigenvalue weighted by atomic mass is 16.5. The number of hydrogen-bond acceptors (Lipinski definition) is 4. The van der Waals surface area contributed by atoms with Crippen molar-refractivity contribution in [1.29, 1.82) is 0 Å². The highest BCUT2D eigenvalue weighted by molar-refractivity contribution is 5.91. The predicted octanol–water partition coefficient (Wildman–Crippen LogP) is 10.8. The van der Waals surface area contributed by atoms with Crippen LogP contribution in [0.4, 0.5) is 0 Å². The molecule has 224 valence electrons. The van der Waals surface area contributed by atoms with E-state index in [9.17, 15) is 9.59 Å². The molecule has 4 heteroatoms. The van der Waals surface area contributed by atoms with E-state index in [1.54, 1.807) is 0 Å². The quantitative estimate of drug-likeness (QED) is 0.0520. The maximum atomic E-state index is 11.8. The van der Waals surface area contributed by atoms with Gasteiger partial charge >= 0.3 is 11.9 Å². The van der Waals surface area contributed by atoms with E-state index in [0.29, 0.717) is 13.2 Å². The minimum absolute atomic E-state index is 0.425. The van der Waals surface area contributed by atoms with Gasteiger partial charge in [0.1, 0.15) is 0 Å². The molecule has 0 atom stereocenters. The van der Waals surface area contributed by atoms with Crippen LogP contribution >= 0.6 is 0 Å². The van der Waals surface area contributed by atoms with Gasteiger partial charge in [0.05, 0.1) is 13.2 Å². The molecule has 0 spiro atoms. The number of unbranched alkanes of at least 4 members (excludes halogenated alkanes) is 24. The molecule has 0 radical (unpaired) electrons. The third kappa shape index (κ3) is 30.9. The fraction of sp³-hybridized carbons (Fsp3) is 0.882. The Bertz CT molecular complexity index is 529. The minimum Gasteiger partial charge on any atom is -0.463 e. The Labute approximate surface area is 237 Å². The number of ether oxygens (including phenoxy) is 2. The zero-order valence-corrected chi connectivity index (χ0v) is 25.6. The largest absolute Gasteiger partial charge is 0.463 e. The Morgan fingerprint density at radius 1 is 0.368 bits per heavy atom. The van der Waals surface area contributed by atoms with E-state index in [2.05, 4.69) is 13.8 Å². The first-order valence-electron chi connectivity index (χ1n) is 16.7. The molecule has 0 amide bonds. The SMILES string of the molecule is CCCCCCCCCCCCCCCCCCOC(=O)C=CC(=O)OCCCCCCCCCCCC. The number of carbonyl (C=O) groups is 2. The summed E-state index contributed by atoms with van der Waals surface area (Å²) in [5.41, 5.74) is 0. The number of esters is 2. The maximum absolute atomic E-state index is 11.8. The summed E-state index contributed by atoms with van der Waals surface area (Å²) in [5.74, 6) is -0.915. The standard InChI is InChI=1S/C34H64O4/c1-3-5-7-9-11-13-15-16-17-18-19-20-22-24-26-28-32-38-34(36)30-29-33(35)37-31-27-25-23-21-14-12-10-8-6-4-2/h29-30H,3-28,31-32H2,1-2H3. The van der Waals surface area contributed by atoms with Crippen molar-refractivity contribution in [2.75, 3.05) is 13.2 Å². The van der Waals surface area contributed by atoms with Crippen LogP contribution in [0.25, 0.3) is 0 Å². The Kier molecular flexibility index (Phi) is 30.8. The Balaban J connectivity index is 3.34. The average molecular weight is 537 g/mol. The predicted molar refractivity (Wildman–Crippen MR) is 162 cm³/mol. The van der Waals surface area contributed by atoms with Gasteiger partial charge in [-0.15, -0.1) is 0 Å². The highest BCUT2D eigenvalue weighted by Gasteiger charge is 2.02. The van der Waals surface area contributed by atoms with E-state index in [4.69, 9.17) is 9.47 Å². The van der Waals surface area contributed by atoms with Crippen LogP contribution in [0.5, 0.6) is 0 Å². The molecule has 0 aliphatic heterocycles. The summed E-state index contributed by atoms with van der Waals surface area (Å²) in [6.07, 6.45) is 36.0. The molecule has 0 aromatic carbocycles. The van der Waals surface area contributed by atoms with Crippen molar-refractivity contribution in [3.8, 4) is 0 Å². The van der Waals surface area contributed by atoms with Gasteiger partial charge in [0.25, 0.3) is 0 Å². The van der Waals surface area contributed by atoms with E-state index < -0.39 is 11.9 Å². The lowest BCUT2D eigenvalue weighted by molar-refractivity contribution is -0.140. The van der Waals surface area contributed by atoms with Gasteiger partial charge in [0, 0.05) is 12.2 Å². The molecule has 0 aromatic heterocycles. The van der Waals surface area contributed by atoms with Gasteiger partial charge in [-0.1, -0.05) is 168 Å². The molecular weight excluding hydrogens is 472 g/mol. The second-order valence-electron chi connectivity index (χ2n) is 11.2. The summed E-state index contributed by atoms with van der Waals surface area (Å²) in [7, 11) is 0. The van der Waals surface area contributed by atoms with Gasteiger partial charge in [0.15, 0.2) is 0 Å². The first-order chi connectivity index (χ1) is 18.7. The van der Waals surface area contributed by atoms with Gasteiger partial charge in [-0.2, -0.15) is 0 Å². The van der Waals surface area contributed by atoms with Crippen LogP contribution in [0, 0.1) is 0 Å². The normalized spacial score (nSPS) is 11.3. The van der Waals surface area contributed by atoms with Crippen molar-refractivity contribution in [2.45, 2.75) is 181 Å². The van der Waals surface area contributed by atoms with Crippen LogP contribution in [0.2, 0.25) is 0 Å². The monoisotopic (exact) mass is 536 g/mol. The molecule has 0 rings (SSSR count). The van der Waals surface area contributed by atoms with E-state index in [1.165, 1.54) is 153 Å². The van der Waals surface area contributed by atoms with Crippen molar-refractivity contribution < 1.29 is 19.1 Å². The summed E-state index contributed by atoms with van der Waals surface area (Å²) in [6.45, 7) is 5.37. The number of hydrogen-bond donors (Lipinski definition) is 0. The lowest BCUT2D eigenvalue weighted by Crippen LogP contribution is -2.06. The Hall–Kier alpha value is -1.32. The van der Waals surface area contributed by atoms with E-state index in [1.807, 2.05) is 0 Å². The topological polar surface area (TPSA) is 52.6 Å². The van der Waals surface area contributed by atoms with Crippen LogP contribution in [0.15, 0.2) is 12.2 Å². The van der Waals surface area contributed by atoms with E-state index >= 15 is 0 Å². The second-order valence-corrected chi connectivity index (χ2v) is 11.2.